The van der Waals surface area contributed by atoms with Crippen molar-refractivity contribution in [1.29, 1.82) is 0 Å². The molecule has 29 heavy (non-hydrogen) atoms. The molecule has 7 heteroatoms. The van der Waals surface area contributed by atoms with Crippen LogP contribution in [0.1, 0.15) is 51.0 Å². The molecule has 2 aliphatic rings. The number of piperidine rings is 1. The van der Waals surface area contributed by atoms with E-state index in [9.17, 15) is 13.2 Å². The predicted octanol–water partition coefficient (Wildman–Crippen LogP) is 2.64. The van der Waals surface area contributed by atoms with Crippen LogP contribution >= 0.6 is 0 Å². The quantitative estimate of drug-likeness (QED) is 0.623. The minimum Gasteiger partial charge on any atom is -0.356 e. The van der Waals surface area contributed by atoms with E-state index in [2.05, 4.69) is 17.1 Å². The maximum Gasteiger partial charge on any atom is 0.243 e. The zero-order chi connectivity index (χ0) is 20.7. The number of likely N-dealkylation sites (tertiary alicyclic amines) is 1. The van der Waals surface area contributed by atoms with Crippen molar-refractivity contribution in [2.24, 2.45) is 5.92 Å². The molecule has 1 N–H and O–H groups in total. The first-order chi connectivity index (χ1) is 14.0. The summed E-state index contributed by atoms with van der Waals surface area (Å²) < 4.78 is 27.3. The Labute approximate surface area is 175 Å². The summed E-state index contributed by atoms with van der Waals surface area (Å²) in [7, 11) is -3.48. The van der Waals surface area contributed by atoms with Gasteiger partial charge in [0.1, 0.15) is 0 Å². The van der Waals surface area contributed by atoms with Crippen LogP contribution in [0.5, 0.6) is 0 Å². The molecule has 3 rings (SSSR count). The molecule has 2 fully saturated rings. The molecule has 0 atom stereocenters. The van der Waals surface area contributed by atoms with Gasteiger partial charge in [-0.1, -0.05) is 25.5 Å². The Balaban J connectivity index is 1.43. The van der Waals surface area contributed by atoms with Crippen LogP contribution in [0.3, 0.4) is 0 Å². The Morgan fingerprint density at radius 3 is 2.34 bits per heavy atom. The third kappa shape index (κ3) is 6.03. The van der Waals surface area contributed by atoms with Crippen molar-refractivity contribution in [2.45, 2.75) is 56.8 Å². The molecule has 1 aromatic carbocycles. The first kappa shape index (κ1) is 22.2. The molecule has 2 aliphatic heterocycles. The second-order valence-electron chi connectivity index (χ2n) is 8.27. The van der Waals surface area contributed by atoms with Gasteiger partial charge < -0.3 is 10.2 Å². The standard InChI is InChI=1S/C22H35N3O3S/c1-2-6-19-7-9-21(10-8-19)29(27,28)25-17-11-20(12-18-25)22(26)23-13-5-16-24-14-3-4-15-24/h7-10,20H,2-6,11-18H2,1H3,(H,23,26). The Hall–Kier alpha value is -1.44. The fourth-order valence-electron chi connectivity index (χ4n) is 4.29. The molecule has 162 valence electrons. The van der Waals surface area contributed by atoms with Gasteiger partial charge in [0.25, 0.3) is 0 Å². The first-order valence-corrected chi connectivity index (χ1v) is 12.5. The van der Waals surface area contributed by atoms with Crippen molar-refractivity contribution in [3.05, 3.63) is 29.8 Å². The topological polar surface area (TPSA) is 69.7 Å². The number of rotatable bonds is 9. The number of hydrogen-bond acceptors (Lipinski definition) is 4. The van der Waals surface area contributed by atoms with Crippen LogP contribution < -0.4 is 5.32 Å². The highest BCUT2D eigenvalue weighted by Gasteiger charge is 2.31. The number of amides is 1. The van der Waals surface area contributed by atoms with E-state index >= 15 is 0 Å². The van der Waals surface area contributed by atoms with E-state index in [1.54, 1.807) is 12.1 Å². The molecule has 0 bridgehead atoms. The summed E-state index contributed by atoms with van der Waals surface area (Å²) in [4.78, 5) is 15.2. The van der Waals surface area contributed by atoms with Crippen LogP contribution in [-0.2, 0) is 21.2 Å². The number of carbonyl (C=O) groups excluding carboxylic acids is 1. The van der Waals surface area contributed by atoms with Crippen LogP contribution in [-0.4, -0.2) is 62.8 Å². The Kier molecular flexibility index (Phi) is 8.09. The van der Waals surface area contributed by atoms with Gasteiger partial charge in [0.05, 0.1) is 4.90 Å². The maximum absolute atomic E-state index is 12.9. The lowest BCUT2D eigenvalue weighted by Crippen LogP contribution is -2.43. The molecule has 0 aromatic heterocycles. The molecular formula is C22H35N3O3S. The number of hydrogen-bond donors (Lipinski definition) is 1. The van der Waals surface area contributed by atoms with Crippen molar-refractivity contribution < 1.29 is 13.2 Å². The second kappa shape index (κ2) is 10.5. The lowest BCUT2D eigenvalue weighted by atomic mass is 9.97. The van der Waals surface area contributed by atoms with E-state index in [0.717, 1.165) is 31.4 Å². The monoisotopic (exact) mass is 421 g/mol. The third-order valence-corrected chi connectivity index (χ3v) is 7.99. The van der Waals surface area contributed by atoms with Gasteiger partial charge in [0.2, 0.25) is 15.9 Å². The van der Waals surface area contributed by atoms with Crippen LogP contribution in [0.2, 0.25) is 0 Å². The normalized spacial score (nSPS) is 19.5. The number of nitrogens with zero attached hydrogens (tertiary/aromatic N) is 2. The second-order valence-corrected chi connectivity index (χ2v) is 10.2. The molecule has 0 saturated carbocycles. The van der Waals surface area contributed by atoms with Gasteiger partial charge in [-0.15, -0.1) is 0 Å². The van der Waals surface area contributed by atoms with E-state index < -0.39 is 10.0 Å². The summed E-state index contributed by atoms with van der Waals surface area (Å²) >= 11 is 0. The smallest absolute Gasteiger partial charge is 0.243 e. The summed E-state index contributed by atoms with van der Waals surface area (Å²) in [5, 5.41) is 3.05. The average Bonchev–Trinajstić information content (AvgIpc) is 3.25. The van der Waals surface area contributed by atoms with E-state index in [0.29, 0.717) is 37.4 Å². The molecule has 0 aliphatic carbocycles. The molecule has 2 saturated heterocycles. The van der Waals surface area contributed by atoms with Gasteiger partial charge in [-0.05, 0) is 75.9 Å². The largest absolute Gasteiger partial charge is 0.356 e. The van der Waals surface area contributed by atoms with E-state index in [1.165, 1.54) is 30.2 Å². The number of nitrogens with one attached hydrogen (secondary N) is 1. The van der Waals surface area contributed by atoms with Gasteiger partial charge in [-0.2, -0.15) is 4.31 Å². The average molecular weight is 422 g/mol. The summed E-state index contributed by atoms with van der Waals surface area (Å²) in [6.07, 6.45) is 6.73. The van der Waals surface area contributed by atoms with Crippen molar-refractivity contribution in [3.63, 3.8) is 0 Å². The number of aryl methyl sites for hydroxylation is 1. The van der Waals surface area contributed by atoms with Gasteiger partial charge in [-0.3, -0.25) is 4.79 Å². The van der Waals surface area contributed by atoms with Crippen LogP contribution in [0.25, 0.3) is 0 Å². The van der Waals surface area contributed by atoms with Crippen molar-refractivity contribution in [2.75, 3.05) is 39.3 Å². The fourth-order valence-corrected chi connectivity index (χ4v) is 5.76. The summed E-state index contributed by atoms with van der Waals surface area (Å²) in [5.74, 6) is -0.00689. The Morgan fingerprint density at radius 1 is 1.07 bits per heavy atom. The first-order valence-electron chi connectivity index (χ1n) is 11.1. The molecule has 2 heterocycles. The summed E-state index contributed by atoms with van der Waals surface area (Å²) in [5.41, 5.74) is 1.16. The molecule has 1 aromatic rings. The van der Waals surface area contributed by atoms with E-state index in [-0.39, 0.29) is 11.8 Å². The predicted molar refractivity (Wildman–Crippen MR) is 115 cm³/mol. The number of carbonyl (C=O) groups is 1. The summed E-state index contributed by atoms with van der Waals surface area (Å²) in [6, 6.07) is 7.22. The van der Waals surface area contributed by atoms with Gasteiger partial charge in [-0.25, -0.2) is 8.42 Å². The van der Waals surface area contributed by atoms with Crippen molar-refractivity contribution in [3.8, 4) is 0 Å². The SMILES string of the molecule is CCCc1ccc(S(=O)(=O)N2CCC(C(=O)NCCCN3CCCC3)CC2)cc1. The number of sulfonamides is 1. The Morgan fingerprint density at radius 2 is 1.72 bits per heavy atom. The molecule has 1 amide bonds. The zero-order valence-corrected chi connectivity index (χ0v) is 18.4. The highest BCUT2D eigenvalue weighted by atomic mass is 32.2. The van der Waals surface area contributed by atoms with Gasteiger partial charge >= 0.3 is 0 Å². The van der Waals surface area contributed by atoms with E-state index in [4.69, 9.17) is 0 Å². The van der Waals surface area contributed by atoms with Crippen LogP contribution in [0, 0.1) is 5.92 Å². The maximum atomic E-state index is 12.9. The van der Waals surface area contributed by atoms with Crippen molar-refractivity contribution >= 4 is 15.9 Å². The lowest BCUT2D eigenvalue weighted by molar-refractivity contribution is -0.126. The van der Waals surface area contributed by atoms with Gasteiger partial charge in [0.15, 0.2) is 0 Å². The summed E-state index contributed by atoms with van der Waals surface area (Å²) in [6.45, 7) is 7.05. The molecule has 6 nitrogen and oxygen atoms in total. The molecule has 0 unspecified atom stereocenters. The highest BCUT2D eigenvalue weighted by Crippen LogP contribution is 2.24. The minimum absolute atomic E-state index is 0.0763. The molecule has 0 radical (unpaired) electrons. The third-order valence-electron chi connectivity index (χ3n) is 6.07. The highest BCUT2D eigenvalue weighted by molar-refractivity contribution is 7.89. The minimum atomic E-state index is -3.48. The van der Waals surface area contributed by atoms with E-state index in [1.807, 2.05) is 12.1 Å². The van der Waals surface area contributed by atoms with Gasteiger partial charge in [0, 0.05) is 25.6 Å². The fraction of sp³-hybridized carbons (Fsp3) is 0.682. The lowest BCUT2D eigenvalue weighted by Gasteiger charge is -2.30. The number of benzene rings is 1. The van der Waals surface area contributed by atoms with Crippen LogP contribution in [0.15, 0.2) is 29.2 Å². The zero-order valence-electron chi connectivity index (χ0n) is 17.6. The van der Waals surface area contributed by atoms with Crippen LogP contribution in [0.4, 0.5) is 0 Å². The molecular weight excluding hydrogens is 386 g/mol. The Bertz CT molecular complexity index is 750. The molecule has 0 spiro atoms. The van der Waals surface area contributed by atoms with Crippen molar-refractivity contribution in [1.82, 2.24) is 14.5 Å².